The normalized spacial score (nSPS) is 16.8. The number of fused-ring (bicyclic) bond motifs is 1. The molecule has 7 heteroatoms. The van der Waals surface area contributed by atoms with E-state index in [-0.39, 0.29) is 11.8 Å². The number of hydrogen-bond acceptors (Lipinski definition) is 4. The van der Waals surface area contributed by atoms with Gasteiger partial charge in [-0.3, -0.25) is 9.59 Å². The molecule has 26 heavy (non-hydrogen) atoms. The molecular formula is C19H23N5O2. The van der Waals surface area contributed by atoms with E-state index in [0.717, 1.165) is 23.6 Å². The Kier molecular flexibility index (Phi) is 4.22. The number of aromatic nitrogens is 3. The third-order valence-electron chi connectivity index (χ3n) is 4.98. The quantitative estimate of drug-likeness (QED) is 0.917. The predicted octanol–water partition coefficient (Wildman–Crippen LogP) is 2.12. The highest BCUT2D eigenvalue weighted by Crippen LogP contribution is 2.38. The molecule has 0 radical (unpaired) electrons. The molecule has 2 heterocycles. The van der Waals surface area contributed by atoms with E-state index in [9.17, 15) is 9.59 Å². The molecule has 136 valence electrons. The molecule has 1 aliphatic carbocycles. The second-order valence-electron chi connectivity index (χ2n) is 7.14. The fourth-order valence-electron chi connectivity index (χ4n) is 3.30. The van der Waals surface area contributed by atoms with Crippen molar-refractivity contribution >= 4 is 17.5 Å². The van der Waals surface area contributed by atoms with E-state index in [1.54, 1.807) is 6.07 Å². The summed E-state index contributed by atoms with van der Waals surface area (Å²) < 4.78 is 1.96. The Morgan fingerprint density at radius 2 is 2.00 bits per heavy atom. The lowest BCUT2D eigenvalue weighted by Gasteiger charge is -2.20. The van der Waals surface area contributed by atoms with E-state index in [4.69, 9.17) is 0 Å². The number of anilines is 1. The average Bonchev–Trinajstić information content (AvgIpc) is 3.40. The summed E-state index contributed by atoms with van der Waals surface area (Å²) in [5.41, 5.74) is 2.21. The van der Waals surface area contributed by atoms with Crippen LogP contribution in [0.2, 0.25) is 0 Å². The predicted molar refractivity (Wildman–Crippen MR) is 97.1 cm³/mol. The Labute approximate surface area is 152 Å². The van der Waals surface area contributed by atoms with Gasteiger partial charge >= 0.3 is 0 Å². The molecule has 1 aromatic carbocycles. The number of amides is 2. The highest BCUT2D eigenvalue weighted by Gasteiger charge is 2.30. The molecular weight excluding hydrogens is 330 g/mol. The van der Waals surface area contributed by atoms with Gasteiger partial charge in [-0.05, 0) is 37.5 Å². The summed E-state index contributed by atoms with van der Waals surface area (Å²) in [7, 11) is 0. The summed E-state index contributed by atoms with van der Waals surface area (Å²) in [6.07, 6.45) is 3.10. The Morgan fingerprint density at radius 1 is 1.19 bits per heavy atom. The van der Waals surface area contributed by atoms with E-state index in [2.05, 4.69) is 15.4 Å². The van der Waals surface area contributed by atoms with Crippen molar-refractivity contribution in [2.45, 2.75) is 45.6 Å². The van der Waals surface area contributed by atoms with Gasteiger partial charge in [-0.2, -0.15) is 5.10 Å². The van der Waals surface area contributed by atoms with E-state index in [1.807, 2.05) is 28.6 Å². The highest BCUT2D eigenvalue weighted by molar-refractivity contribution is 5.97. The molecule has 0 bridgehead atoms. The minimum Gasteiger partial charge on any atom is -0.336 e. The zero-order valence-electron chi connectivity index (χ0n) is 15.2. The second kappa shape index (κ2) is 6.55. The standard InChI is InChI=1S/C19H23N5O2/c1-12-3-4-15(11-16(12)20-13(2)25)19(26)23-8-7-17-21-18(14-5-6-14)22-24(17)10-9-23/h3-4,11,14H,5-10H2,1-2H3,(H,20,25). The summed E-state index contributed by atoms with van der Waals surface area (Å²) in [6.45, 7) is 5.29. The maximum atomic E-state index is 12.9. The van der Waals surface area contributed by atoms with Gasteiger partial charge in [0.05, 0.1) is 6.54 Å². The largest absolute Gasteiger partial charge is 0.336 e. The van der Waals surface area contributed by atoms with Crippen LogP contribution in [0.4, 0.5) is 5.69 Å². The maximum absolute atomic E-state index is 12.9. The minimum atomic E-state index is -0.143. The molecule has 4 rings (SSSR count). The molecule has 2 aromatic rings. The van der Waals surface area contributed by atoms with Crippen molar-refractivity contribution < 1.29 is 9.59 Å². The summed E-state index contributed by atoms with van der Waals surface area (Å²) in [5, 5.41) is 7.40. The summed E-state index contributed by atoms with van der Waals surface area (Å²) >= 11 is 0. The molecule has 0 unspecified atom stereocenters. The molecule has 2 aliphatic rings. The molecule has 2 amide bonds. The van der Waals surface area contributed by atoms with E-state index >= 15 is 0 Å². The fourth-order valence-corrected chi connectivity index (χ4v) is 3.30. The maximum Gasteiger partial charge on any atom is 0.254 e. The molecule has 1 saturated carbocycles. The van der Waals surface area contributed by atoms with Crippen molar-refractivity contribution in [3.63, 3.8) is 0 Å². The zero-order chi connectivity index (χ0) is 18.3. The fraction of sp³-hybridized carbons (Fsp3) is 0.474. The summed E-state index contributed by atoms with van der Waals surface area (Å²) in [5.74, 6) is 2.33. The number of nitrogens with one attached hydrogen (secondary N) is 1. The van der Waals surface area contributed by atoms with Crippen molar-refractivity contribution in [1.82, 2.24) is 19.7 Å². The van der Waals surface area contributed by atoms with Crippen molar-refractivity contribution in [3.05, 3.63) is 41.0 Å². The lowest BCUT2D eigenvalue weighted by Crippen LogP contribution is -2.33. The van der Waals surface area contributed by atoms with Crippen LogP contribution in [0.5, 0.6) is 0 Å². The van der Waals surface area contributed by atoms with E-state index < -0.39 is 0 Å². The number of carbonyl (C=O) groups excluding carboxylic acids is 2. The van der Waals surface area contributed by atoms with Crippen LogP contribution >= 0.6 is 0 Å². The SMILES string of the molecule is CC(=O)Nc1cc(C(=O)N2CCc3nc(C4CC4)nn3CC2)ccc1C. The van der Waals surface area contributed by atoms with Crippen LogP contribution in [0.25, 0.3) is 0 Å². The lowest BCUT2D eigenvalue weighted by molar-refractivity contribution is -0.114. The number of benzene rings is 1. The number of rotatable bonds is 3. The number of hydrogen-bond donors (Lipinski definition) is 1. The Balaban J connectivity index is 1.48. The first kappa shape index (κ1) is 16.8. The third kappa shape index (κ3) is 3.34. The minimum absolute atomic E-state index is 0.0234. The molecule has 1 fully saturated rings. The molecule has 0 saturated heterocycles. The Morgan fingerprint density at radius 3 is 2.73 bits per heavy atom. The second-order valence-corrected chi connectivity index (χ2v) is 7.14. The first-order chi connectivity index (χ1) is 12.5. The van der Waals surface area contributed by atoms with Crippen molar-refractivity contribution in [2.24, 2.45) is 0 Å². The summed E-state index contributed by atoms with van der Waals surface area (Å²) in [4.78, 5) is 30.8. The first-order valence-corrected chi connectivity index (χ1v) is 9.12. The van der Waals surface area contributed by atoms with Crippen molar-refractivity contribution in [1.29, 1.82) is 0 Å². The van der Waals surface area contributed by atoms with Gasteiger partial charge in [-0.15, -0.1) is 0 Å². The van der Waals surface area contributed by atoms with Crippen molar-refractivity contribution in [3.8, 4) is 0 Å². The third-order valence-corrected chi connectivity index (χ3v) is 4.98. The Bertz CT molecular complexity index is 843. The number of nitrogens with zero attached hydrogens (tertiary/aromatic N) is 4. The van der Waals surface area contributed by atoms with Gasteiger partial charge in [0.1, 0.15) is 5.82 Å². The van der Waals surface area contributed by atoms with Crippen LogP contribution in [0.15, 0.2) is 18.2 Å². The van der Waals surface area contributed by atoms with E-state index in [1.165, 1.54) is 19.8 Å². The Hall–Kier alpha value is -2.70. The topological polar surface area (TPSA) is 80.1 Å². The molecule has 1 aliphatic heterocycles. The van der Waals surface area contributed by atoms with E-state index in [0.29, 0.717) is 36.8 Å². The van der Waals surface area contributed by atoms with Crippen molar-refractivity contribution in [2.75, 3.05) is 18.4 Å². The lowest BCUT2D eigenvalue weighted by atomic mass is 10.1. The molecule has 0 spiro atoms. The van der Waals surface area contributed by atoms with Gasteiger partial charge < -0.3 is 10.2 Å². The number of aryl methyl sites for hydroxylation is 1. The van der Waals surface area contributed by atoms with Crippen LogP contribution in [-0.4, -0.2) is 44.6 Å². The van der Waals surface area contributed by atoms with Gasteiger partial charge in [0.25, 0.3) is 5.91 Å². The van der Waals surface area contributed by atoms with Gasteiger partial charge in [-0.25, -0.2) is 9.67 Å². The average molecular weight is 353 g/mol. The van der Waals surface area contributed by atoms with Crippen LogP contribution in [0.3, 0.4) is 0 Å². The van der Waals surface area contributed by atoms with Crippen LogP contribution in [0.1, 0.15) is 53.3 Å². The first-order valence-electron chi connectivity index (χ1n) is 9.12. The monoisotopic (exact) mass is 353 g/mol. The van der Waals surface area contributed by atoms with Crippen LogP contribution in [-0.2, 0) is 17.8 Å². The van der Waals surface area contributed by atoms with Crippen LogP contribution < -0.4 is 5.32 Å². The van der Waals surface area contributed by atoms with Gasteiger partial charge in [0, 0.05) is 43.6 Å². The van der Waals surface area contributed by atoms with Gasteiger partial charge in [0.15, 0.2) is 5.82 Å². The van der Waals surface area contributed by atoms with Gasteiger partial charge in [-0.1, -0.05) is 6.07 Å². The molecule has 1 aromatic heterocycles. The molecule has 7 nitrogen and oxygen atoms in total. The van der Waals surface area contributed by atoms with Gasteiger partial charge in [0.2, 0.25) is 5.91 Å². The van der Waals surface area contributed by atoms with Crippen LogP contribution in [0, 0.1) is 6.92 Å². The summed E-state index contributed by atoms with van der Waals surface area (Å²) in [6, 6.07) is 5.44. The zero-order valence-corrected chi connectivity index (χ0v) is 15.2. The molecule has 0 atom stereocenters. The smallest absolute Gasteiger partial charge is 0.254 e. The molecule has 1 N–H and O–H groups in total. The highest BCUT2D eigenvalue weighted by atomic mass is 16.2. The number of carbonyl (C=O) groups is 2.